The fourth-order valence-corrected chi connectivity index (χ4v) is 12.6. The van der Waals surface area contributed by atoms with Gasteiger partial charge in [-0.15, -0.1) is 67.5 Å². The number of non-ortho nitro benzene ring substituents is 4. The normalized spacial score (nSPS) is 13.5. The number of aromatic amines is 1. The van der Waals surface area contributed by atoms with Gasteiger partial charge in [-0.25, -0.2) is 0 Å². The number of hydrogen-bond acceptors (Lipinski definition) is 28. The van der Waals surface area contributed by atoms with Crippen LogP contribution in [0, 0.1) is 54.3 Å². The van der Waals surface area contributed by atoms with Crippen molar-refractivity contribution in [3.8, 4) is 44.8 Å². The highest BCUT2D eigenvalue weighted by molar-refractivity contribution is 8.15. The number of H-pyrrole nitrogens is 1. The van der Waals surface area contributed by atoms with Crippen LogP contribution >= 0.6 is 47.0 Å². The lowest BCUT2D eigenvalue weighted by Crippen LogP contribution is -2.05. The van der Waals surface area contributed by atoms with Crippen molar-refractivity contribution in [1.29, 1.82) is 0 Å². The summed E-state index contributed by atoms with van der Waals surface area (Å²) in [5.74, 6) is 1.63. The number of nitro groups is 4. The number of carbonyl (C=O) groups excluding carboxylic acids is 4. The fourth-order valence-electron chi connectivity index (χ4n) is 9.82. The molecule has 0 aliphatic carbocycles. The molecule has 0 fully saturated rings. The quantitative estimate of drug-likeness (QED) is 0.0547. The molecule has 32 nitrogen and oxygen atoms in total. The molecule has 4 aliphatic rings. The van der Waals surface area contributed by atoms with Crippen LogP contribution < -0.4 is 0 Å². The van der Waals surface area contributed by atoms with E-state index in [2.05, 4.69) is 66.3 Å². The minimum atomic E-state index is -0.439. The van der Waals surface area contributed by atoms with E-state index in [-0.39, 0.29) is 45.9 Å². The fraction of sp³-hybridized carbons (Fsp3) is 0.262. The van der Waals surface area contributed by atoms with Gasteiger partial charge in [-0.2, -0.15) is 40.8 Å². The minimum Gasteiger partial charge on any atom is -0.299 e. The topological polar surface area (TPSA) is 422 Å². The van der Waals surface area contributed by atoms with Crippen LogP contribution in [0.3, 0.4) is 0 Å². The van der Waals surface area contributed by atoms with E-state index in [0.717, 1.165) is 42.7 Å². The third-order valence-electron chi connectivity index (χ3n) is 14.7. The molecule has 8 aromatic rings. The van der Waals surface area contributed by atoms with Gasteiger partial charge >= 0.3 is 0 Å². The molecule has 4 aromatic carbocycles. The van der Waals surface area contributed by atoms with Gasteiger partial charge < -0.3 is 0 Å². The van der Waals surface area contributed by atoms with Crippen LogP contribution in [0.2, 0.25) is 0 Å². The van der Waals surface area contributed by atoms with Crippen LogP contribution in [0.4, 0.5) is 22.7 Å². The number of Topliss-reactive ketones (excluding diaryl/α,β-unsaturated/α-hetero) is 4. The summed E-state index contributed by atoms with van der Waals surface area (Å²) in [5.41, 5.74) is 12.6. The lowest BCUT2D eigenvalue weighted by molar-refractivity contribution is -0.385. The number of aromatic nitrogens is 8. The van der Waals surface area contributed by atoms with Gasteiger partial charge in [0.1, 0.15) is 43.3 Å². The first kappa shape index (κ1) is 74.0. The predicted molar refractivity (Wildman–Crippen MR) is 393 cm³/mol. The first-order chi connectivity index (χ1) is 48.1. The molecule has 4 aliphatic heterocycles. The molecule has 0 unspecified atom stereocenters. The maximum atomic E-state index is 11.4. The van der Waals surface area contributed by atoms with Crippen molar-refractivity contribution in [2.75, 3.05) is 23.0 Å². The molecule has 4 aromatic heterocycles. The Kier molecular flexibility index (Phi) is 24.6. The summed E-state index contributed by atoms with van der Waals surface area (Å²) in [7, 11) is 5.42. The molecule has 0 saturated carbocycles. The van der Waals surface area contributed by atoms with Gasteiger partial charge in [0, 0.05) is 164 Å². The Labute approximate surface area is 591 Å². The largest absolute Gasteiger partial charge is 0.299 e. The monoisotopic (exact) mass is 1440 g/mol. The Hall–Kier alpha value is -11.2. The maximum absolute atomic E-state index is 11.4. The molecule has 36 heteroatoms. The number of ketones is 4. The summed E-state index contributed by atoms with van der Waals surface area (Å²) in [4.78, 5) is 87.8. The van der Waals surface area contributed by atoms with Crippen molar-refractivity contribution in [3.05, 3.63) is 184 Å². The van der Waals surface area contributed by atoms with Crippen LogP contribution in [0.25, 0.3) is 44.8 Å². The Bertz CT molecular complexity index is 4790. The molecule has 0 saturated heterocycles. The Morgan fingerprint density at radius 3 is 1.13 bits per heavy atom. The molecule has 0 spiro atoms. The summed E-state index contributed by atoms with van der Waals surface area (Å²) in [6.07, 6.45) is 8.73. The average molecular weight is 1440 g/mol. The average Bonchev–Trinajstić information content (AvgIpc) is 1.75. The molecule has 101 heavy (non-hydrogen) atoms. The van der Waals surface area contributed by atoms with E-state index in [1.165, 1.54) is 123 Å². The molecule has 0 radical (unpaired) electrons. The Morgan fingerprint density at radius 1 is 0.455 bits per heavy atom. The first-order valence-corrected chi connectivity index (χ1v) is 34.3. The lowest BCUT2D eigenvalue weighted by atomic mass is 9.99. The lowest BCUT2D eigenvalue weighted by Gasteiger charge is -2.06. The SMILES string of the molecule is CC(=O)CSC1=NN=C(c2cc(-c3ccn(C)n3)cc([N+](=O)[O-])c2)C1.CC(=O)CSC1=NN=C(c2cc(-c3ccn[nH]3)cc([N+](=O)[O-])c2)C1.CC(=O)CSC1=NN=C(c2cc(-c3cn(C)nc3C)cc([N+](=O)[O-])c2)C1.CC(=O)CSC1=NN=C(c2cc(-c3cnn(C)c3C)cc([N+](=O)[O-])c2)C1. The number of nitrogens with one attached hydrogen (secondary N) is 1. The number of nitrogens with zero attached hydrogens (tertiary/aromatic N) is 19. The summed E-state index contributed by atoms with van der Waals surface area (Å²) >= 11 is 5.37. The van der Waals surface area contributed by atoms with Crippen molar-refractivity contribution in [2.24, 2.45) is 62.0 Å². The molecule has 12 rings (SSSR count). The maximum Gasteiger partial charge on any atom is 0.270 e. The van der Waals surface area contributed by atoms with E-state index >= 15 is 0 Å². The molecule has 0 atom stereocenters. The van der Waals surface area contributed by atoms with Gasteiger partial charge in [0.05, 0.1) is 88.8 Å². The second kappa shape index (κ2) is 33.5. The number of thioether (sulfide) groups is 4. The molecule has 8 heterocycles. The standard InChI is InChI=1S/2C17H17N5O3S.C16H15N5O3S.C15H13N5O3S/c1-10(23)9-26-17-7-16(18-19-17)13-4-12(5-14(6-13)22(24)25)15-8-21(3)20-11(15)2;1-10(23)9-26-17-7-16(19-20-17)13-4-12(5-14(6-13)22(24)25)15-8-18-21(3)11(15)2;1-10(22)9-25-16-8-15(17-18-16)12-5-11(6-13(7-12)21(23)24)14-3-4-20(2)19-14;1-9(21)8-24-15-7-14(18-19-15)11-4-10(13-2-3-16-17-13)5-12(6-11)20(22)23/h2*4-6,8H,7,9H2,1-3H3;3-7H,8-9H2,1-2H3;2-6H,7-8H2,1H3,(H,16,17). The second-order valence-corrected chi connectivity index (χ2v) is 27.0. The number of nitro benzene ring substituents is 4. The van der Waals surface area contributed by atoms with Crippen LogP contribution in [-0.4, -0.2) is 148 Å². The number of hydrogen-bond donors (Lipinski definition) is 1. The van der Waals surface area contributed by atoms with Gasteiger partial charge in [0.2, 0.25) is 0 Å². The molecule has 0 bridgehead atoms. The highest BCUT2D eigenvalue weighted by Gasteiger charge is 2.26. The highest BCUT2D eigenvalue weighted by atomic mass is 32.2. The Balaban J connectivity index is 0.000000157. The third-order valence-corrected chi connectivity index (χ3v) is 19.2. The number of carbonyl (C=O) groups is 4. The van der Waals surface area contributed by atoms with Crippen LogP contribution in [0.15, 0.2) is 151 Å². The zero-order valence-electron chi connectivity index (χ0n) is 55.6. The van der Waals surface area contributed by atoms with Gasteiger partial charge in [-0.3, -0.25) is 78.8 Å². The predicted octanol–water partition coefficient (Wildman–Crippen LogP) is 11.9. The second-order valence-electron chi connectivity index (χ2n) is 22.8. The third kappa shape index (κ3) is 20.2. The number of benzene rings is 4. The van der Waals surface area contributed by atoms with Gasteiger partial charge in [0.15, 0.2) is 0 Å². The van der Waals surface area contributed by atoms with Crippen molar-refractivity contribution < 1.29 is 38.9 Å². The summed E-state index contributed by atoms with van der Waals surface area (Å²) < 4.78 is 5.04. The van der Waals surface area contributed by atoms with Gasteiger partial charge in [-0.05, 0) is 89.1 Å². The van der Waals surface area contributed by atoms with E-state index in [1.807, 2.05) is 58.4 Å². The van der Waals surface area contributed by atoms with Crippen LogP contribution in [0.1, 0.15) is 87.0 Å². The smallest absolute Gasteiger partial charge is 0.270 e. The number of rotatable bonds is 20. The van der Waals surface area contributed by atoms with Crippen LogP contribution in [0.5, 0.6) is 0 Å². The van der Waals surface area contributed by atoms with E-state index in [1.54, 1.807) is 51.8 Å². The molecule has 0 amide bonds. The first-order valence-electron chi connectivity index (χ1n) is 30.3. The van der Waals surface area contributed by atoms with Crippen molar-refractivity contribution >= 4 is 136 Å². The van der Waals surface area contributed by atoms with Crippen molar-refractivity contribution in [1.82, 2.24) is 39.5 Å². The van der Waals surface area contributed by atoms with E-state index in [9.17, 15) is 59.6 Å². The zero-order valence-corrected chi connectivity index (χ0v) is 58.8. The molecular formula is C65H62N20O12S4. The van der Waals surface area contributed by atoms with Crippen LogP contribution in [-0.2, 0) is 40.3 Å². The van der Waals surface area contributed by atoms with Gasteiger partial charge in [0.25, 0.3) is 22.7 Å². The highest BCUT2D eigenvalue weighted by Crippen LogP contribution is 2.34. The van der Waals surface area contributed by atoms with E-state index in [4.69, 9.17) is 0 Å². The summed E-state index contributed by atoms with van der Waals surface area (Å²) in [5, 5.41) is 100. The van der Waals surface area contributed by atoms with Crippen molar-refractivity contribution in [3.63, 3.8) is 0 Å². The summed E-state index contributed by atoms with van der Waals surface area (Å²) in [6, 6.07) is 22.9. The molecule has 1 N–H and O–H groups in total. The molecule has 518 valence electrons. The minimum absolute atomic E-state index is 0.00621. The van der Waals surface area contributed by atoms with E-state index < -0.39 is 19.7 Å². The number of aryl methyl sites for hydroxylation is 4. The summed E-state index contributed by atoms with van der Waals surface area (Å²) in [6.45, 7) is 9.85. The Morgan fingerprint density at radius 2 is 0.812 bits per heavy atom. The zero-order chi connectivity index (χ0) is 72.8. The van der Waals surface area contributed by atoms with Gasteiger partial charge in [-0.1, -0.05) is 0 Å². The molecular weight excluding hydrogens is 1380 g/mol. The van der Waals surface area contributed by atoms with E-state index in [0.29, 0.717) is 127 Å². The van der Waals surface area contributed by atoms with Crippen molar-refractivity contribution in [2.45, 2.75) is 67.2 Å².